The van der Waals surface area contributed by atoms with E-state index in [0.29, 0.717) is 0 Å². The zero-order chi connectivity index (χ0) is 7.56. The van der Waals surface area contributed by atoms with Gasteiger partial charge in [-0.15, -0.1) is 0 Å². The van der Waals surface area contributed by atoms with Crippen molar-refractivity contribution < 1.29 is 9.52 Å². The second kappa shape index (κ2) is 2.88. The molecule has 0 bridgehead atoms. The Morgan fingerprint density at radius 3 is 2.80 bits per heavy atom. The maximum atomic E-state index is 9.28. The van der Waals surface area contributed by atoms with Gasteiger partial charge in [0.25, 0.3) is 0 Å². The molecule has 0 aliphatic carbocycles. The Morgan fingerprint density at radius 2 is 2.40 bits per heavy atom. The smallest absolute Gasteiger partial charge is 0.101 e. The summed E-state index contributed by atoms with van der Waals surface area (Å²) in [5.74, 6) is 0.850. The highest BCUT2D eigenvalue weighted by atomic mass is 16.3. The normalized spacial score (nSPS) is 13.5. The van der Waals surface area contributed by atoms with Crippen molar-refractivity contribution in [1.29, 1.82) is 0 Å². The molecule has 1 atom stereocenters. The molecule has 0 aliphatic heterocycles. The third-order valence-corrected chi connectivity index (χ3v) is 1.52. The van der Waals surface area contributed by atoms with E-state index in [9.17, 15) is 5.11 Å². The van der Waals surface area contributed by atoms with Gasteiger partial charge < -0.3 is 9.52 Å². The number of aliphatic hydroxyl groups is 1. The van der Waals surface area contributed by atoms with Gasteiger partial charge in [-0.2, -0.15) is 0 Å². The molecule has 2 nitrogen and oxygen atoms in total. The van der Waals surface area contributed by atoms with E-state index in [-0.39, 0.29) is 6.10 Å². The van der Waals surface area contributed by atoms with Crippen molar-refractivity contribution in [2.24, 2.45) is 0 Å². The van der Waals surface area contributed by atoms with E-state index in [2.05, 4.69) is 0 Å². The van der Waals surface area contributed by atoms with Crippen molar-refractivity contribution in [2.75, 3.05) is 0 Å². The van der Waals surface area contributed by atoms with Crippen molar-refractivity contribution >= 4 is 0 Å². The van der Waals surface area contributed by atoms with Gasteiger partial charge in [-0.05, 0) is 19.4 Å². The molecule has 1 N–H and O–H groups in total. The predicted octanol–water partition coefficient (Wildman–Crippen LogP) is 2.03. The first kappa shape index (κ1) is 7.35. The minimum absolute atomic E-state index is 0.363. The number of hydrogen-bond acceptors (Lipinski definition) is 2. The highest BCUT2D eigenvalue weighted by Gasteiger charge is 2.06. The summed E-state index contributed by atoms with van der Waals surface area (Å²) in [6.45, 7) is 3.80. The summed E-state index contributed by atoms with van der Waals surface area (Å²) >= 11 is 0. The molecule has 0 radical (unpaired) electrons. The molecule has 1 aromatic rings. The minimum Gasteiger partial charge on any atom is -0.469 e. The minimum atomic E-state index is -0.363. The molecule has 1 aromatic heterocycles. The molecule has 0 spiro atoms. The van der Waals surface area contributed by atoms with Crippen LogP contribution in [0, 0.1) is 6.92 Å². The average molecular weight is 140 g/mol. The first-order valence-corrected chi connectivity index (χ1v) is 3.47. The van der Waals surface area contributed by atoms with E-state index < -0.39 is 0 Å². The lowest BCUT2D eigenvalue weighted by Crippen LogP contribution is -1.91. The van der Waals surface area contributed by atoms with Crippen LogP contribution in [-0.4, -0.2) is 5.11 Å². The number of hydrogen-bond donors (Lipinski definition) is 1. The van der Waals surface area contributed by atoms with Crippen LogP contribution < -0.4 is 0 Å². The highest BCUT2D eigenvalue weighted by molar-refractivity contribution is 5.14. The molecule has 10 heavy (non-hydrogen) atoms. The lowest BCUT2D eigenvalue weighted by atomic mass is 10.1. The Balaban J connectivity index is 2.74. The van der Waals surface area contributed by atoms with Crippen LogP contribution >= 0.6 is 0 Å². The molecule has 1 unspecified atom stereocenters. The first-order chi connectivity index (χ1) is 4.74. The van der Waals surface area contributed by atoms with Crippen molar-refractivity contribution in [3.8, 4) is 0 Å². The average Bonchev–Trinajstić information content (AvgIpc) is 2.34. The van der Waals surface area contributed by atoms with E-state index in [1.54, 1.807) is 6.26 Å². The van der Waals surface area contributed by atoms with Gasteiger partial charge in [0.2, 0.25) is 0 Å². The van der Waals surface area contributed by atoms with Crippen molar-refractivity contribution in [2.45, 2.75) is 26.4 Å². The van der Waals surface area contributed by atoms with Gasteiger partial charge in [-0.25, -0.2) is 0 Å². The van der Waals surface area contributed by atoms with E-state index in [1.807, 2.05) is 19.9 Å². The molecular formula is C8H12O2. The number of aliphatic hydroxyl groups excluding tert-OH is 1. The topological polar surface area (TPSA) is 33.4 Å². The number of rotatable bonds is 2. The van der Waals surface area contributed by atoms with Gasteiger partial charge in [-0.3, -0.25) is 0 Å². The molecule has 0 aliphatic rings. The zero-order valence-corrected chi connectivity index (χ0v) is 6.29. The van der Waals surface area contributed by atoms with Crippen molar-refractivity contribution in [1.82, 2.24) is 0 Å². The molecule has 1 heterocycles. The fraction of sp³-hybridized carbons (Fsp3) is 0.500. The standard InChI is InChI=1S/C8H12O2/c1-3-8(9)7-4-6(2)10-5-7/h4-5,8-9H,3H2,1-2H3. The van der Waals surface area contributed by atoms with Crippen LogP contribution in [-0.2, 0) is 0 Å². The van der Waals surface area contributed by atoms with Crippen LogP contribution in [0.3, 0.4) is 0 Å². The summed E-state index contributed by atoms with van der Waals surface area (Å²) in [5.41, 5.74) is 0.875. The molecular weight excluding hydrogens is 128 g/mol. The fourth-order valence-electron chi connectivity index (χ4n) is 0.874. The van der Waals surface area contributed by atoms with Crippen LogP contribution in [0.15, 0.2) is 16.7 Å². The largest absolute Gasteiger partial charge is 0.469 e. The van der Waals surface area contributed by atoms with Crippen LogP contribution in [0.2, 0.25) is 0 Å². The summed E-state index contributed by atoms with van der Waals surface area (Å²) in [7, 11) is 0. The Bertz CT molecular complexity index is 203. The SMILES string of the molecule is CCC(O)c1coc(C)c1. The summed E-state index contributed by atoms with van der Waals surface area (Å²) in [6, 6.07) is 1.86. The summed E-state index contributed by atoms with van der Waals surface area (Å²) in [6.07, 6.45) is 1.97. The van der Waals surface area contributed by atoms with Crippen molar-refractivity contribution in [3.63, 3.8) is 0 Å². The van der Waals surface area contributed by atoms with Gasteiger partial charge in [0.1, 0.15) is 5.76 Å². The summed E-state index contributed by atoms with van der Waals surface area (Å²) in [4.78, 5) is 0. The highest BCUT2D eigenvalue weighted by Crippen LogP contribution is 2.17. The summed E-state index contributed by atoms with van der Waals surface area (Å²) in [5, 5.41) is 9.28. The molecule has 1 rings (SSSR count). The van der Waals surface area contributed by atoms with E-state index in [1.165, 1.54) is 0 Å². The number of aryl methyl sites for hydroxylation is 1. The maximum absolute atomic E-state index is 9.28. The quantitative estimate of drug-likeness (QED) is 0.681. The van der Waals surface area contributed by atoms with Gasteiger partial charge in [0.05, 0.1) is 12.4 Å². The monoisotopic (exact) mass is 140 g/mol. The second-order valence-corrected chi connectivity index (χ2v) is 2.41. The van der Waals surface area contributed by atoms with Crippen LogP contribution in [0.5, 0.6) is 0 Å². The second-order valence-electron chi connectivity index (χ2n) is 2.41. The van der Waals surface area contributed by atoms with Crippen LogP contribution in [0.25, 0.3) is 0 Å². The Hall–Kier alpha value is -0.760. The van der Waals surface area contributed by atoms with Gasteiger partial charge in [0.15, 0.2) is 0 Å². The van der Waals surface area contributed by atoms with Gasteiger partial charge in [-0.1, -0.05) is 6.92 Å². The molecule has 0 saturated heterocycles. The lowest BCUT2D eigenvalue weighted by Gasteiger charge is -2.00. The maximum Gasteiger partial charge on any atom is 0.101 e. The Kier molecular flexibility index (Phi) is 2.12. The zero-order valence-electron chi connectivity index (χ0n) is 6.29. The van der Waals surface area contributed by atoms with Gasteiger partial charge >= 0.3 is 0 Å². The molecule has 0 aromatic carbocycles. The molecule has 0 saturated carbocycles. The van der Waals surface area contributed by atoms with Crippen LogP contribution in [0.1, 0.15) is 30.8 Å². The first-order valence-electron chi connectivity index (χ1n) is 3.47. The Labute approximate surface area is 60.5 Å². The van der Waals surface area contributed by atoms with E-state index in [0.717, 1.165) is 17.7 Å². The van der Waals surface area contributed by atoms with E-state index >= 15 is 0 Å². The molecule has 0 amide bonds. The number of furan rings is 1. The fourth-order valence-corrected chi connectivity index (χ4v) is 0.874. The third-order valence-electron chi connectivity index (χ3n) is 1.52. The third kappa shape index (κ3) is 1.39. The summed E-state index contributed by atoms with van der Waals surface area (Å²) < 4.78 is 5.03. The van der Waals surface area contributed by atoms with Crippen LogP contribution in [0.4, 0.5) is 0 Å². The molecule has 56 valence electrons. The predicted molar refractivity (Wildman–Crippen MR) is 38.7 cm³/mol. The lowest BCUT2D eigenvalue weighted by molar-refractivity contribution is 0.173. The Morgan fingerprint density at radius 1 is 1.70 bits per heavy atom. The van der Waals surface area contributed by atoms with Crippen molar-refractivity contribution in [3.05, 3.63) is 23.7 Å². The van der Waals surface area contributed by atoms with Gasteiger partial charge in [0, 0.05) is 5.56 Å². The van der Waals surface area contributed by atoms with E-state index in [4.69, 9.17) is 4.42 Å². The molecule has 0 fully saturated rings. The molecule has 2 heteroatoms.